The third-order valence-corrected chi connectivity index (χ3v) is 8.60. The summed E-state index contributed by atoms with van der Waals surface area (Å²) in [5, 5.41) is 0.479. The number of hydrogen-bond donors (Lipinski definition) is 0. The van der Waals surface area contributed by atoms with Crippen LogP contribution in [0.3, 0.4) is 0 Å². The lowest BCUT2D eigenvalue weighted by Crippen LogP contribution is -2.12. The van der Waals surface area contributed by atoms with Crippen LogP contribution in [0.25, 0.3) is 22.2 Å². The smallest absolute Gasteiger partial charge is 0.349 e. The Balaban J connectivity index is 1.98. The molecule has 0 N–H and O–H groups in total. The molecule has 0 unspecified atom stereocenters. The number of fused-ring (bicyclic) bond motifs is 1. The van der Waals surface area contributed by atoms with Crippen molar-refractivity contribution in [3.05, 3.63) is 69.1 Å². The van der Waals surface area contributed by atoms with Gasteiger partial charge in [0, 0.05) is 23.3 Å². The molecule has 3 aromatic heterocycles. The number of ether oxygens (including phenoxy) is 2. The van der Waals surface area contributed by atoms with Gasteiger partial charge in [0.15, 0.2) is 5.65 Å². The monoisotopic (exact) mass is 534 g/mol. The van der Waals surface area contributed by atoms with E-state index in [0.29, 0.717) is 21.0 Å². The lowest BCUT2D eigenvalue weighted by Gasteiger charge is -2.09. The van der Waals surface area contributed by atoms with E-state index in [1.165, 1.54) is 38.7 Å². The average molecular weight is 535 g/mol. The lowest BCUT2D eigenvalue weighted by atomic mass is 10.0. The third kappa shape index (κ3) is 3.51. The van der Waals surface area contributed by atoms with Gasteiger partial charge in [0.2, 0.25) is 0 Å². The fourth-order valence-electron chi connectivity index (χ4n) is 3.24. The molecule has 11 heteroatoms. The molecule has 1 aromatic carbocycles. The summed E-state index contributed by atoms with van der Waals surface area (Å²) < 4.78 is 37.5. The Hall–Kier alpha value is -3.02. The molecule has 0 radical (unpaired) electrons. The SMILES string of the molecule is COC(=O)c1sc(C(=O)OC)c(-c2ccnc3c2ccn3S(=O)(=O)c2ccccc2)c1Br. The first-order valence-electron chi connectivity index (χ1n) is 9.07. The van der Waals surface area contributed by atoms with Crippen LogP contribution < -0.4 is 0 Å². The molecule has 0 spiro atoms. The van der Waals surface area contributed by atoms with Crippen molar-refractivity contribution in [2.45, 2.75) is 4.90 Å². The highest BCUT2D eigenvalue weighted by molar-refractivity contribution is 9.10. The second-order valence-corrected chi connectivity index (χ2v) is 10.1. The van der Waals surface area contributed by atoms with Crippen LogP contribution in [0.5, 0.6) is 0 Å². The molecule has 0 saturated heterocycles. The summed E-state index contributed by atoms with van der Waals surface area (Å²) in [6, 6.07) is 11.2. The van der Waals surface area contributed by atoms with E-state index in [0.717, 1.165) is 15.3 Å². The van der Waals surface area contributed by atoms with E-state index in [1.54, 1.807) is 30.3 Å². The molecule has 32 heavy (non-hydrogen) atoms. The second kappa shape index (κ2) is 8.49. The van der Waals surface area contributed by atoms with Gasteiger partial charge in [-0.1, -0.05) is 18.2 Å². The van der Waals surface area contributed by atoms with E-state index in [9.17, 15) is 18.0 Å². The van der Waals surface area contributed by atoms with Gasteiger partial charge in [0.1, 0.15) is 9.75 Å². The number of esters is 2. The lowest BCUT2D eigenvalue weighted by molar-refractivity contribution is 0.0599. The molecule has 0 aliphatic rings. The van der Waals surface area contributed by atoms with Crippen LogP contribution in [0.4, 0.5) is 0 Å². The molecule has 8 nitrogen and oxygen atoms in total. The minimum absolute atomic E-state index is 0.115. The molecule has 0 bridgehead atoms. The predicted molar refractivity (Wildman–Crippen MR) is 122 cm³/mol. The van der Waals surface area contributed by atoms with Crippen LogP contribution >= 0.6 is 27.3 Å². The molecule has 3 heterocycles. The maximum Gasteiger partial charge on any atom is 0.349 e. The highest BCUT2D eigenvalue weighted by Gasteiger charge is 2.29. The Morgan fingerprint density at radius 2 is 1.66 bits per heavy atom. The molecular weight excluding hydrogens is 520 g/mol. The van der Waals surface area contributed by atoms with E-state index in [1.807, 2.05) is 0 Å². The first-order chi connectivity index (χ1) is 15.3. The number of benzene rings is 1. The van der Waals surface area contributed by atoms with Crippen molar-refractivity contribution in [2.75, 3.05) is 14.2 Å². The van der Waals surface area contributed by atoms with Crippen LogP contribution in [0.15, 0.2) is 64.2 Å². The van der Waals surface area contributed by atoms with Crippen molar-refractivity contribution >= 4 is 60.3 Å². The van der Waals surface area contributed by atoms with Crippen molar-refractivity contribution in [3.63, 3.8) is 0 Å². The molecule has 0 aliphatic heterocycles. The number of pyridine rings is 1. The van der Waals surface area contributed by atoms with Gasteiger partial charge in [-0.3, -0.25) is 0 Å². The van der Waals surface area contributed by atoms with Gasteiger partial charge < -0.3 is 9.47 Å². The van der Waals surface area contributed by atoms with E-state index >= 15 is 0 Å². The molecule has 4 rings (SSSR count). The standard InChI is InChI=1S/C21H15BrN2O6S2/c1-29-20(25)17-15(16(22)18(31-17)21(26)30-2)13-8-10-23-19-14(13)9-11-24(19)32(27,28)12-6-4-3-5-7-12/h3-11H,1-2H3. The number of aromatic nitrogens is 2. The summed E-state index contributed by atoms with van der Waals surface area (Å²) in [7, 11) is -1.42. The predicted octanol–water partition coefficient (Wildman–Crippen LogP) is 4.34. The number of carbonyl (C=O) groups excluding carboxylic acids is 2. The van der Waals surface area contributed by atoms with Crippen LogP contribution in [0.1, 0.15) is 19.3 Å². The molecule has 0 fully saturated rings. The average Bonchev–Trinajstić information content (AvgIpc) is 3.40. The van der Waals surface area contributed by atoms with Crippen molar-refractivity contribution in [1.29, 1.82) is 0 Å². The Morgan fingerprint density at radius 3 is 2.31 bits per heavy atom. The fourth-order valence-corrected chi connectivity index (χ4v) is 6.56. The van der Waals surface area contributed by atoms with Gasteiger partial charge in [-0.15, -0.1) is 11.3 Å². The zero-order valence-electron chi connectivity index (χ0n) is 16.7. The summed E-state index contributed by atoms with van der Waals surface area (Å²) >= 11 is 4.33. The minimum atomic E-state index is -3.90. The van der Waals surface area contributed by atoms with Crippen LogP contribution in [0.2, 0.25) is 0 Å². The zero-order chi connectivity index (χ0) is 23.0. The quantitative estimate of drug-likeness (QED) is 0.350. The topological polar surface area (TPSA) is 105 Å². The summed E-state index contributed by atoms with van der Waals surface area (Å²) in [6.45, 7) is 0. The number of rotatable bonds is 5. The second-order valence-electron chi connectivity index (χ2n) is 6.46. The largest absolute Gasteiger partial charge is 0.465 e. The number of carbonyl (C=O) groups is 2. The van der Waals surface area contributed by atoms with E-state index in [2.05, 4.69) is 20.9 Å². The van der Waals surface area contributed by atoms with Crippen LogP contribution in [-0.2, 0) is 19.5 Å². The van der Waals surface area contributed by atoms with Gasteiger partial charge in [0.25, 0.3) is 10.0 Å². The van der Waals surface area contributed by atoms with E-state index in [-0.39, 0.29) is 20.3 Å². The maximum absolute atomic E-state index is 13.2. The van der Waals surface area contributed by atoms with Gasteiger partial charge in [-0.2, -0.15) is 0 Å². The highest BCUT2D eigenvalue weighted by Crippen LogP contribution is 2.43. The normalized spacial score (nSPS) is 11.5. The number of hydrogen-bond acceptors (Lipinski definition) is 8. The maximum atomic E-state index is 13.2. The molecule has 164 valence electrons. The molecular formula is C21H15BrN2O6S2. The number of methoxy groups -OCH3 is 2. The molecule has 0 amide bonds. The van der Waals surface area contributed by atoms with Gasteiger partial charge in [0.05, 0.1) is 23.6 Å². The van der Waals surface area contributed by atoms with E-state index in [4.69, 9.17) is 9.47 Å². The van der Waals surface area contributed by atoms with Gasteiger partial charge in [-0.25, -0.2) is 27.0 Å². The first-order valence-corrected chi connectivity index (χ1v) is 12.1. The summed E-state index contributed by atoms with van der Waals surface area (Å²) in [5.41, 5.74) is 1.08. The third-order valence-electron chi connectivity index (χ3n) is 4.72. The fraction of sp³-hybridized carbons (Fsp3) is 0.0952. The summed E-state index contributed by atoms with van der Waals surface area (Å²) in [5.74, 6) is -1.25. The Kier molecular flexibility index (Phi) is 5.89. The number of nitrogens with zero attached hydrogens (tertiary/aromatic N) is 2. The number of thiophene rings is 1. The summed E-state index contributed by atoms with van der Waals surface area (Å²) in [6.07, 6.45) is 2.85. The Labute approximate surface area is 195 Å². The van der Waals surface area contributed by atoms with Crippen LogP contribution in [-0.4, -0.2) is 43.5 Å². The van der Waals surface area contributed by atoms with Crippen molar-refractivity contribution < 1.29 is 27.5 Å². The highest BCUT2D eigenvalue weighted by atomic mass is 79.9. The van der Waals surface area contributed by atoms with Gasteiger partial charge >= 0.3 is 11.9 Å². The van der Waals surface area contributed by atoms with Crippen molar-refractivity contribution in [1.82, 2.24) is 8.96 Å². The summed E-state index contributed by atoms with van der Waals surface area (Å²) in [4.78, 5) is 29.4. The first kappa shape index (κ1) is 22.2. The molecule has 0 saturated carbocycles. The molecule has 0 aliphatic carbocycles. The minimum Gasteiger partial charge on any atom is -0.465 e. The Morgan fingerprint density at radius 1 is 1.00 bits per heavy atom. The molecule has 4 aromatic rings. The van der Waals surface area contributed by atoms with Crippen molar-refractivity contribution in [3.8, 4) is 11.1 Å². The van der Waals surface area contributed by atoms with E-state index < -0.39 is 22.0 Å². The number of halogens is 1. The Bertz CT molecular complexity index is 1460. The molecule has 0 atom stereocenters. The van der Waals surface area contributed by atoms with Gasteiger partial charge in [-0.05, 0) is 45.8 Å². The van der Waals surface area contributed by atoms with Crippen molar-refractivity contribution in [2.24, 2.45) is 0 Å². The van der Waals surface area contributed by atoms with Crippen LogP contribution in [0, 0.1) is 0 Å². The zero-order valence-corrected chi connectivity index (χ0v) is 20.0.